The van der Waals surface area contributed by atoms with E-state index >= 15 is 0 Å². The Morgan fingerprint density at radius 1 is 1.25 bits per heavy atom. The van der Waals surface area contributed by atoms with E-state index < -0.39 is 17.7 Å². The van der Waals surface area contributed by atoms with Gasteiger partial charge in [-0.2, -0.15) is 0 Å². The highest BCUT2D eigenvalue weighted by atomic mass is 19.1. The molecule has 0 fully saturated rings. The zero-order valence-electron chi connectivity index (χ0n) is 16.9. The predicted molar refractivity (Wildman–Crippen MR) is 109 cm³/mol. The number of aliphatic hydroxyl groups excluding tert-OH is 1. The molecule has 0 aliphatic carbocycles. The fraction of sp³-hybridized carbons (Fsp3) is 0.190. The topological polar surface area (TPSA) is 131 Å². The number of nitrogens with zero attached hydrogens (tertiary/aromatic N) is 4. The molecule has 4 rings (SSSR count). The number of aromatic nitrogens is 3. The maximum Gasteiger partial charge on any atom is 0.337 e. The third kappa shape index (κ3) is 4.05. The van der Waals surface area contributed by atoms with Crippen LogP contribution in [0.25, 0.3) is 22.9 Å². The van der Waals surface area contributed by atoms with Crippen molar-refractivity contribution in [3.05, 3.63) is 59.8 Å². The SMILES string of the molecule is COC(=O)C1=C(Nc2ccc(F)cc2-c2nnc(-c3ccncc3)o2)C(=O)N(CCO)C1. The summed E-state index contributed by atoms with van der Waals surface area (Å²) >= 11 is 0. The third-order valence-electron chi connectivity index (χ3n) is 4.78. The summed E-state index contributed by atoms with van der Waals surface area (Å²) in [6, 6.07) is 7.13. The molecule has 0 bridgehead atoms. The molecule has 0 spiro atoms. The van der Waals surface area contributed by atoms with Gasteiger partial charge in [-0.1, -0.05) is 0 Å². The predicted octanol–water partition coefficient (Wildman–Crippen LogP) is 1.61. The number of nitrogens with one attached hydrogen (secondary N) is 1. The molecule has 1 aliphatic heterocycles. The number of hydrogen-bond donors (Lipinski definition) is 2. The number of pyridine rings is 1. The summed E-state index contributed by atoms with van der Waals surface area (Å²) < 4.78 is 24.5. The lowest BCUT2D eigenvalue weighted by Crippen LogP contribution is -2.31. The number of ether oxygens (including phenoxy) is 1. The lowest BCUT2D eigenvalue weighted by molar-refractivity contribution is -0.136. The zero-order chi connectivity index (χ0) is 22.7. The summed E-state index contributed by atoms with van der Waals surface area (Å²) in [7, 11) is 1.20. The minimum atomic E-state index is -0.692. The lowest BCUT2D eigenvalue weighted by Gasteiger charge is -2.15. The largest absolute Gasteiger partial charge is 0.466 e. The maximum absolute atomic E-state index is 14.1. The Morgan fingerprint density at radius 2 is 2.00 bits per heavy atom. The van der Waals surface area contributed by atoms with Gasteiger partial charge in [-0.3, -0.25) is 9.78 Å². The molecular weight excluding hydrogens is 421 g/mol. The van der Waals surface area contributed by atoms with Crippen LogP contribution in [-0.4, -0.2) is 63.9 Å². The minimum Gasteiger partial charge on any atom is -0.466 e. The first-order valence-electron chi connectivity index (χ1n) is 9.54. The molecule has 10 nitrogen and oxygen atoms in total. The second-order valence-electron chi connectivity index (χ2n) is 6.76. The molecule has 0 saturated heterocycles. The maximum atomic E-state index is 14.1. The van der Waals surface area contributed by atoms with E-state index in [0.717, 1.165) is 0 Å². The van der Waals surface area contributed by atoms with Crippen molar-refractivity contribution >= 4 is 17.6 Å². The van der Waals surface area contributed by atoms with E-state index in [1.165, 1.54) is 30.2 Å². The molecule has 1 aliphatic rings. The van der Waals surface area contributed by atoms with Crippen molar-refractivity contribution in [2.24, 2.45) is 0 Å². The zero-order valence-corrected chi connectivity index (χ0v) is 16.9. The minimum absolute atomic E-state index is 0.0108. The fourth-order valence-electron chi connectivity index (χ4n) is 3.23. The van der Waals surface area contributed by atoms with Crippen molar-refractivity contribution in [2.45, 2.75) is 0 Å². The monoisotopic (exact) mass is 439 g/mol. The number of esters is 1. The summed E-state index contributed by atoms with van der Waals surface area (Å²) in [5.74, 6) is -1.54. The van der Waals surface area contributed by atoms with Crippen molar-refractivity contribution < 1.29 is 28.2 Å². The standard InChI is InChI=1S/C21H18FN5O5/c1-31-21(30)15-11-27(8-9-28)20(29)17(15)24-16-3-2-13(22)10-14(16)19-26-25-18(32-19)12-4-6-23-7-5-12/h2-7,10,24,28H,8-9,11H2,1H3. The molecule has 3 heterocycles. The van der Waals surface area contributed by atoms with E-state index in [9.17, 15) is 19.1 Å². The Morgan fingerprint density at radius 3 is 2.72 bits per heavy atom. The van der Waals surface area contributed by atoms with Gasteiger partial charge in [0.25, 0.3) is 5.91 Å². The van der Waals surface area contributed by atoms with Gasteiger partial charge in [-0.05, 0) is 30.3 Å². The van der Waals surface area contributed by atoms with Gasteiger partial charge in [0, 0.05) is 24.5 Å². The van der Waals surface area contributed by atoms with Crippen molar-refractivity contribution in [1.82, 2.24) is 20.1 Å². The summed E-state index contributed by atoms with van der Waals surface area (Å²) in [6.07, 6.45) is 3.14. The second kappa shape index (κ2) is 8.94. The first kappa shape index (κ1) is 21.1. The number of hydrogen-bond acceptors (Lipinski definition) is 9. The third-order valence-corrected chi connectivity index (χ3v) is 4.78. The van der Waals surface area contributed by atoms with Crippen molar-refractivity contribution in [3.63, 3.8) is 0 Å². The van der Waals surface area contributed by atoms with Crippen molar-refractivity contribution in [2.75, 3.05) is 32.1 Å². The van der Waals surface area contributed by atoms with Gasteiger partial charge >= 0.3 is 5.97 Å². The highest BCUT2D eigenvalue weighted by Crippen LogP contribution is 2.32. The first-order valence-corrected chi connectivity index (χ1v) is 9.54. The van der Waals surface area contributed by atoms with Crippen LogP contribution in [0.1, 0.15) is 0 Å². The fourth-order valence-corrected chi connectivity index (χ4v) is 3.23. The van der Waals surface area contributed by atoms with Crippen LogP contribution in [-0.2, 0) is 14.3 Å². The number of carbonyl (C=O) groups is 2. The number of carbonyl (C=O) groups excluding carboxylic acids is 2. The number of rotatable bonds is 7. The number of anilines is 1. The van der Waals surface area contributed by atoms with Gasteiger partial charge < -0.3 is 24.5 Å². The Balaban J connectivity index is 1.72. The number of benzene rings is 1. The van der Waals surface area contributed by atoms with Crippen LogP contribution < -0.4 is 5.32 Å². The number of β-amino-alcohol motifs (C(OH)–C–C–N with tert-alkyl or cyclic N) is 1. The molecule has 1 aromatic carbocycles. The molecule has 1 amide bonds. The molecule has 2 N–H and O–H groups in total. The molecular formula is C21H18FN5O5. The van der Waals surface area contributed by atoms with Crippen LogP contribution in [0.2, 0.25) is 0 Å². The van der Waals surface area contributed by atoms with Crippen LogP contribution in [0.15, 0.2) is 58.4 Å². The highest BCUT2D eigenvalue weighted by molar-refractivity contribution is 6.09. The normalized spacial score (nSPS) is 13.6. The average Bonchev–Trinajstić information content (AvgIpc) is 3.42. The van der Waals surface area contributed by atoms with Crippen LogP contribution in [0.3, 0.4) is 0 Å². The highest BCUT2D eigenvalue weighted by Gasteiger charge is 2.35. The van der Waals surface area contributed by atoms with Gasteiger partial charge in [-0.25, -0.2) is 9.18 Å². The molecule has 2 aromatic heterocycles. The van der Waals surface area contributed by atoms with E-state index in [1.807, 2.05) is 0 Å². The summed E-state index contributed by atoms with van der Waals surface area (Å²) in [5.41, 5.74) is 1.15. The van der Waals surface area contributed by atoms with E-state index in [4.69, 9.17) is 9.15 Å². The van der Waals surface area contributed by atoms with E-state index in [0.29, 0.717) is 5.56 Å². The van der Waals surface area contributed by atoms with E-state index in [1.54, 1.807) is 24.5 Å². The Bertz CT molecular complexity index is 1190. The first-order chi connectivity index (χ1) is 15.5. The Labute approximate surface area is 181 Å². The molecule has 0 saturated carbocycles. The van der Waals surface area contributed by atoms with E-state index in [2.05, 4.69) is 20.5 Å². The quantitative estimate of drug-likeness (QED) is 0.527. The molecule has 0 atom stereocenters. The van der Waals surface area contributed by atoms with Gasteiger partial charge in [0.15, 0.2) is 0 Å². The van der Waals surface area contributed by atoms with Gasteiger partial charge in [0.05, 0.1) is 37.1 Å². The van der Waals surface area contributed by atoms with Crippen molar-refractivity contribution in [3.8, 4) is 22.9 Å². The second-order valence-corrected chi connectivity index (χ2v) is 6.76. The van der Waals surface area contributed by atoms with Crippen LogP contribution in [0.5, 0.6) is 0 Å². The Kier molecular flexibility index (Phi) is 5.90. The van der Waals surface area contributed by atoms with Crippen LogP contribution >= 0.6 is 0 Å². The van der Waals surface area contributed by atoms with E-state index in [-0.39, 0.29) is 54.0 Å². The van der Waals surface area contributed by atoms with Gasteiger partial charge in [-0.15, -0.1) is 10.2 Å². The number of halogens is 1. The van der Waals surface area contributed by atoms with Crippen molar-refractivity contribution in [1.29, 1.82) is 0 Å². The molecule has 164 valence electrons. The molecule has 3 aromatic rings. The molecule has 32 heavy (non-hydrogen) atoms. The lowest BCUT2D eigenvalue weighted by atomic mass is 10.1. The summed E-state index contributed by atoms with van der Waals surface area (Å²) in [4.78, 5) is 30.2. The average molecular weight is 439 g/mol. The van der Waals surface area contributed by atoms with Gasteiger partial charge in [0.2, 0.25) is 11.8 Å². The number of amides is 1. The molecule has 0 radical (unpaired) electrons. The summed E-state index contributed by atoms with van der Waals surface area (Å²) in [5, 5.41) is 20.1. The van der Waals surface area contributed by atoms with Crippen LogP contribution in [0, 0.1) is 5.82 Å². The number of aliphatic hydroxyl groups is 1. The smallest absolute Gasteiger partial charge is 0.337 e. The number of methoxy groups -OCH3 is 1. The molecule has 0 unspecified atom stereocenters. The molecule has 11 heteroatoms. The summed E-state index contributed by atoms with van der Waals surface area (Å²) in [6.45, 7) is -0.257. The van der Waals surface area contributed by atoms with Gasteiger partial charge in [0.1, 0.15) is 11.5 Å². The Hall–Kier alpha value is -4.12. The van der Waals surface area contributed by atoms with Crippen LogP contribution in [0.4, 0.5) is 10.1 Å².